The number of piperazine rings is 1. The van der Waals surface area contributed by atoms with Crippen LogP contribution in [0.25, 0.3) is 17.4 Å². The number of sulfonamides is 1. The van der Waals surface area contributed by atoms with Gasteiger partial charge < -0.3 is 23.9 Å². The van der Waals surface area contributed by atoms with Gasteiger partial charge in [-0.1, -0.05) is 23.7 Å². The van der Waals surface area contributed by atoms with Crippen LogP contribution in [0, 0.1) is 5.82 Å². The highest BCUT2D eigenvalue weighted by Crippen LogP contribution is 2.31. The second kappa shape index (κ2) is 14.1. The molecule has 3 aliphatic rings. The van der Waals surface area contributed by atoms with Crippen LogP contribution in [0.3, 0.4) is 0 Å². The third-order valence-corrected chi connectivity index (χ3v) is 10.5. The van der Waals surface area contributed by atoms with Crippen molar-refractivity contribution in [1.29, 1.82) is 0 Å². The summed E-state index contributed by atoms with van der Waals surface area (Å²) in [6.45, 7) is 4.10. The first-order valence-electron chi connectivity index (χ1n) is 16.4. The number of nitrogens with zero attached hydrogens (tertiary/aromatic N) is 5. The Morgan fingerprint density at radius 1 is 1.02 bits per heavy atom. The number of ether oxygens (including phenoxy) is 1. The molecule has 3 aromatic carbocycles. The summed E-state index contributed by atoms with van der Waals surface area (Å²) in [6, 6.07) is 22.1. The highest BCUT2D eigenvalue weighted by Gasteiger charge is 2.35. The lowest BCUT2D eigenvalue weighted by Gasteiger charge is -2.36. The average molecular weight is 733 g/mol. The highest BCUT2D eigenvalue weighted by molar-refractivity contribution is 7.90. The van der Waals surface area contributed by atoms with Crippen LogP contribution >= 0.6 is 11.6 Å². The third-order valence-electron chi connectivity index (χ3n) is 8.88. The Morgan fingerprint density at radius 2 is 1.78 bits per heavy atom. The van der Waals surface area contributed by atoms with Gasteiger partial charge in [0.2, 0.25) is 11.9 Å². The summed E-state index contributed by atoms with van der Waals surface area (Å²) in [5, 5.41) is 0.633. The quantitative estimate of drug-likeness (QED) is 0.232. The molecule has 0 spiro atoms. The summed E-state index contributed by atoms with van der Waals surface area (Å²) in [6.07, 6.45) is 1.77. The maximum atomic E-state index is 15.5. The summed E-state index contributed by atoms with van der Waals surface area (Å²) in [5.74, 6) is 0.669. The predicted octanol–water partition coefficient (Wildman–Crippen LogP) is 5.60. The molecular formula is C36H34ClFN6O6S. The average Bonchev–Trinajstić information content (AvgIpc) is 3.76. The van der Waals surface area contributed by atoms with E-state index in [1.807, 2.05) is 30.0 Å². The number of guanidine groups is 1. The molecule has 3 aliphatic heterocycles. The molecule has 4 heterocycles. The van der Waals surface area contributed by atoms with Crippen LogP contribution in [-0.2, 0) is 19.6 Å². The van der Waals surface area contributed by atoms with Crippen LogP contribution in [0.1, 0.15) is 12.7 Å². The van der Waals surface area contributed by atoms with Crippen molar-refractivity contribution in [3.05, 3.63) is 102 Å². The van der Waals surface area contributed by atoms with Gasteiger partial charge in [-0.15, -0.1) is 0 Å². The lowest BCUT2D eigenvalue weighted by Crippen LogP contribution is -2.49. The zero-order valence-electron chi connectivity index (χ0n) is 27.5. The van der Waals surface area contributed by atoms with Crippen LogP contribution < -0.4 is 19.4 Å². The molecule has 0 radical (unpaired) electrons. The van der Waals surface area contributed by atoms with E-state index in [1.54, 1.807) is 64.4 Å². The molecule has 51 heavy (non-hydrogen) atoms. The van der Waals surface area contributed by atoms with Gasteiger partial charge in [0.25, 0.3) is 10.0 Å². The molecule has 0 aliphatic carbocycles. The second-order valence-corrected chi connectivity index (χ2v) is 14.2. The number of carbonyl (C=O) groups is 2. The number of hydrogen-bond acceptors (Lipinski definition) is 8. The molecular weight excluding hydrogens is 699 g/mol. The summed E-state index contributed by atoms with van der Waals surface area (Å²) < 4.78 is 54.9. The maximum Gasteiger partial charge on any atom is 0.414 e. The van der Waals surface area contributed by atoms with Crippen molar-refractivity contribution in [3.63, 3.8) is 0 Å². The minimum absolute atomic E-state index is 0.00344. The van der Waals surface area contributed by atoms with Crippen LogP contribution in [0.15, 0.2) is 99.2 Å². The molecule has 264 valence electrons. The number of para-hydroxylation sites is 1. The minimum atomic E-state index is -3.81. The Balaban J connectivity index is 0.936. The number of amides is 2. The number of anilines is 3. The van der Waals surface area contributed by atoms with E-state index in [0.717, 1.165) is 5.56 Å². The van der Waals surface area contributed by atoms with Gasteiger partial charge in [0.05, 0.1) is 30.2 Å². The van der Waals surface area contributed by atoms with Crippen molar-refractivity contribution >= 4 is 62.7 Å². The van der Waals surface area contributed by atoms with Crippen LogP contribution in [0.2, 0.25) is 5.02 Å². The molecule has 0 bridgehead atoms. The summed E-state index contributed by atoms with van der Waals surface area (Å²) in [4.78, 5) is 36.9. The van der Waals surface area contributed by atoms with Gasteiger partial charge in [-0.25, -0.2) is 27.3 Å². The number of furan rings is 1. The summed E-state index contributed by atoms with van der Waals surface area (Å²) >= 11 is 5.96. The van der Waals surface area contributed by atoms with Crippen LogP contribution in [0.4, 0.5) is 26.2 Å². The SMILES string of the molecule is CCN1C(=NC[C@H]2CN(c3ccc(N4CCN(C(=O)/C=C/c5ccc(-c6ccc(Cl)cc6)o5)CC4)c(F)c3)C(=O)O2)NS(=O)(=O)c2ccccc21. The third kappa shape index (κ3) is 7.14. The molecule has 15 heteroatoms. The van der Waals surface area contributed by atoms with Crippen molar-refractivity contribution < 1.29 is 31.6 Å². The van der Waals surface area contributed by atoms with Gasteiger partial charge in [-0.2, -0.15) is 0 Å². The molecule has 2 saturated heterocycles. The molecule has 1 aromatic heterocycles. The maximum absolute atomic E-state index is 15.5. The monoisotopic (exact) mass is 732 g/mol. The Hall–Kier alpha value is -5.34. The fraction of sp³-hybridized carbons (Fsp3) is 0.250. The largest absolute Gasteiger partial charge is 0.457 e. The number of carbonyl (C=O) groups excluding carboxylic acids is 2. The van der Waals surface area contributed by atoms with E-state index >= 15 is 4.39 Å². The Labute approximate surface area is 299 Å². The lowest BCUT2D eigenvalue weighted by atomic mass is 10.2. The molecule has 1 N–H and O–H groups in total. The lowest BCUT2D eigenvalue weighted by molar-refractivity contribution is -0.126. The van der Waals surface area contributed by atoms with Gasteiger partial charge in [-0.05, 0) is 79.7 Å². The van der Waals surface area contributed by atoms with E-state index in [9.17, 15) is 18.0 Å². The zero-order chi connectivity index (χ0) is 35.7. The van der Waals surface area contributed by atoms with Gasteiger partial charge in [-0.3, -0.25) is 9.69 Å². The Kier molecular flexibility index (Phi) is 9.44. The number of halogens is 2. The second-order valence-electron chi connectivity index (χ2n) is 12.1. The topological polar surface area (TPSA) is 128 Å². The number of rotatable bonds is 8. The first-order chi connectivity index (χ1) is 24.6. The van der Waals surface area contributed by atoms with Gasteiger partial charge in [0.1, 0.15) is 28.3 Å². The van der Waals surface area contributed by atoms with E-state index in [4.69, 9.17) is 20.8 Å². The molecule has 2 amide bonds. The molecule has 12 nitrogen and oxygen atoms in total. The van der Waals surface area contributed by atoms with E-state index in [-0.39, 0.29) is 29.9 Å². The number of nitrogens with one attached hydrogen (secondary N) is 1. The first kappa shape index (κ1) is 34.1. The molecule has 2 fully saturated rings. The number of hydrogen-bond donors (Lipinski definition) is 1. The number of benzene rings is 3. The molecule has 0 unspecified atom stereocenters. The van der Waals surface area contributed by atoms with Crippen LogP contribution in [-0.4, -0.2) is 83.2 Å². The Bertz CT molecular complexity index is 2130. The predicted molar refractivity (Wildman–Crippen MR) is 193 cm³/mol. The van der Waals surface area contributed by atoms with E-state index in [1.165, 1.54) is 23.1 Å². The van der Waals surface area contributed by atoms with Gasteiger partial charge >= 0.3 is 6.09 Å². The zero-order valence-corrected chi connectivity index (χ0v) is 29.1. The van der Waals surface area contributed by atoms with Gasteiger partial charge in [0.15, 0.2) is 0 Å². The summed E-state index contributed by atoms with van der Waals surface area (Å²) in [5.41, 5.74) is 2.08. The molecule has 0 saturated carbocycles. The van der Waals surface area contributed by atoms with Crippen molar-refractivity contribution in [1.82, 2.24) is 9.62 Å². The number of cyclic esters (lactones) is 1. The van der Waals surface area contributed by atoms with Crippen molar-refractivity contribution in [2.75, 3.05) is 60.5 Å². The fourth-order valence-corrected chi connectivity index (χ4v) is 7.63. The molecule has 1 atom stereocenters. The molecule has 7 rings (SSSR count). The van der Waals surface area contributed by atoms with E-state index < -0.39 is 28.0 Å². The van der Waals surface area contributed by atoms with Crippen molar-refractivity contribution in [2.24, 2.45) is 4.99 Å². The van der Waals surface area contributed by atoms with E-state index in [0.29, 0.717) is 66.3 Å². The van der Waals surface area contributed by atoms with E-state index in [2.05, 4.69) is 9.71 Å². The standard InChI is InChI=1S/C36H34ClFN6O6S/c1-2-43-31-5-3-4-6-33(31)51(47,48)40-35(43)39-22-28-23-44(36(46)50-28)26-11-14-30(29(38)21-26)41-17-19-42(20-18-41)34(45)16-13-27-12-15-32(49-27)24-7-9-25(37)10-8-24/h3-16,21,28H,2,17-20,22-23H2,1H3,(H,39,40)/b16-13+/t28-/m0/s1. The van der Waals surface area contributed by atoms with Gasteiger partial charge in [0, 0.05) is 49.4 Å². The summed E-state index contributed by atoms with van der Waals surface area (Å²) in [7, 11) is -3.81. The highest BCUT2D eigenvalue weighted by atomic mass is 35.5. The Morgan fingerprint density at radius 3 is 2.53 bits per heavy atom. The van der Waals surface area contributed by atoms with Crippen molar-refractivity contribution in [2.45, 2.75) is 17.9 Å². The number of fused-ring (bicyclic) bond motifs is 1. The molecule has 4 aromatic rings. The smallest absolute Gasteiger partial charge is 0.414 e. The normalized spacial score (nSPS) is 19.4. The van der Waals surface area contributed by atoms with Crippen molar-refractivity contribution in [3.8, 4) is 11.3 Å². The fourth-order valence-electron chi connectivity index (χ4n) is 6.26. The number of aliphatic imine (C=N–C) groups is 1. The first-order valence-corrected chi connectivity index (χ1v) is 18.2. The van der Waals surface area contributed by atoms with Crippen LogP contribution in [0.5, 0.6) is 0 Å². The minimum Gasteiger partial charge on any atom is -0.457 e.